The van der Waals surface area contributed by atoms with E-state index in [0.29, 0.717) is 11.9 Å². The molecule has 146 valence electrons. The molecule has 2 N–H and O–H groups in total. The highest BCUT2D eigenvalue weighted by Crippen LogP contribution is 2.21. The minimum Gasteiger partial charge on any atom is -0.497 e. The van der Waals surface area contributed by atoms with E-state index < -0.39 is 0 Å². The van der Waals surface area contributed by atoms with Gasteiger partial charge < -0.3 is 15.4 Å². The smallest absolute Gasteiger partial charge is 0.224 e. The average molecular weight is 377 g/mol. The van der Waals surface area contributed by atoms with Gasteiger partial charge in [-0.1, -0.05) is 38.1 Å². The third kappa shape index (κ3) is 5.46. The van der Waals surface area contributed by atoms with Crippen molar-refractivity contribution >= 4 is 17.5 Å². The average Bonchev–Trinajstić information content (AvgIpc) is 2.68. The molecule has 0 aliphatic rings. The van der Waals surface area contributed by atoms with Gasteiger partial charge in [0, 0.05) is 24.0 Å². The molecule has 3 rings (SSSR count). The fourth-order valence-electron chi connectivity index (χ4n) is 2.96. The second-order valence-electron chi connectivity index (χ2n) is 7.15. The van der Waals surface area contributed by atoms with Crippen molar-refractivity contribution in [1.29, 1.82) is 0 Å². The summed E-state index contributed by atoms with van der Waals surface area (Å²) in [4.78, 5) is 9.08. The third-order valence-corrected chi connectivity index (χ3v) is 4.53. The molecule has 0 bridgehead atoms. The van der Waals surface area contributed by atoms with Crippen LogP contribution in [0.25, 0.3) is 0 Å². The molecular formula is C23H28N4O. The quantitative estimate of drug-likeness (QED) is 0.557. The number of ether oxygens (including phenoxy) is 1. The van der Waals surface area contributed by atoms with Crippen molar-refractivity contribution in [2.75, 3.05) is 24.3 Å². The number of benzene rings is 2. The lowest BCUT2D eigenvalue weighted by molar-refractivity contribution is 0.414. The predicted molar refractivity (Wildman–Crippen MR) is 116 cm³/mol. The minimum atomic E-state index is 0.524. The van der Waals surface area contributed by atoms with Gasteiger partial charge in [0.15, 0.2) is 0 Å². The minimum absolute atomic E-state index is 0.524. The number of hydrogen-bond donors (Lipinski definition) is 2. The monoisotopic (exact) mass is 376 g/mol. The summed E-state index contributed by atoms with van der Waals surface area (Å²) in [5.41, 5.74) is 4.47. The molecule has 0 radical (unpaired) electrons. The van der Waals surface area contributed by atoms with Crippen LogP contribution in [-0.4, -0.2) is 23.6 Å². The molecule has 0 unspecified atom stereocenters. The molecule has 0 saturated heterocycles. The molecule has 0 aliphatic carbocycles. The Balaban J connectivity index is 1.62. The van der Waals surface area contributed by atoms with Crippen LogP contribution in [0.1, 0.15) is 36.6 Å². The highest BCUT2D eigenvalue weighted by molar-refractivity contribution is 5.58. The number of methoxy groups -OCH3 is 1. The number of aromatic nitrogens is 2. The number of anilines is 3. The van der Waals surface area contributed by atoms with E-state index in [4.69, 9.17) is 4.74 Å². The number of nitrogens with zero attached hydrogens (tertiary/aromatic N) is 2. The maximum absolute atomic E-state index is 5.27. The van der Waals surface area contributed by atoms with Crippen molar-refractivity contribution in [3.63, 3.8) is 0 Å². The summed E-state index contributed by atoms with van der Waals surface area (Å²) >= 11 is 0. The van der Waals surface area contributed by atoms with Gasteiger partial charge in [-0.25, -0.2) is 4.98 Å². The van der Waals surface area contributed by atoms with E-state index in [1.54, 1.807) is 7.11 Å². The molecule has 1 aromatic heterocycles. The lowest BCUT2D eigenvalue weighted by Crippen LogP contribution is -2.09. The Bertz CT molecular complexity index is 907. The zero-order valence-corrected chi connectivity index (χ0v) is 17.0. The molecule has 5 nitrogen and oxygen atoms in total. The van der Waals surface area contributed by atoms with Crippen molar-refractivity contribution in [2.24, 2.45) is 0 Å². The molecule has 0 amide bonds. The Morgan fingerprint density at radius 1 is 1.00 bits per heavy atom. The summed E-state index contributed by atoms with van der Waals surface area (Å²) in [7, 11) is 1.68. The molecule has 0 saturated carbocycles. The van der Waals surface area contributed by atoms with Crippen LogP contribution in [0, 0.1) is 6.92 Å². The van der Waals surface area contributed by atoms with E-state index in [2.05, 4.69) is 64.8 Å². The Morgan fingerprint density at radius 2 is 1.79 bits per heavy atom. The summed E-state index contributed by atoms with van der Waals surface area (Å²) in [5, 5.41) is 6.69. The van der Waals surface area contributed by atoms with Crippen LogP contribution in [0.2, 0.25) is 0 Å². The first-order valence-electron chi connectivity index (χ1n) is 9.63. The fourth-order valence-corrected chi connectivity index (χ4v) is 2.96. The summed E-state index contributed by atoms with van der Waals surface area (Å²) in [6.07, 6.45) is 0.869. The molecular weight excluding hydrogens is 348 g/mol. The number of hydrogen-bond acceptors (Lipinski definition) is 5. The van der Waals surface area contributed by atoms with Gasteiger partial charge in [-0.2, -0.15) is 4.98 Å². The largest absolute Gasteiger partial charge is 0.497 e. The lowest BCUT2D eigenvalue weighted by Gasteiger charge is -2.11. The SMILES string of the molecule is COc1cccc(CCNc2nc(C)cc(Nc3ccc(C(C)C)cc3)n2)c1. The highest BCUT2D eigenvalue weighted by Gasteiger charge is 2.04. The second kappa shape index (κ2) is 9.22. The zero-order valence-electron chi connectivity index (χ0n) is 17.0. The first kappa shape index (κ1) is 19.7. The van der Waals surface area contributed by atoms with Crippen molar-refractivity contribution in [1.82, 2.24) is 9.97 Å². The van der Waals surface area contributed by atoms with Gasteiger partial charge in [-0.3, -0.25) is 0 Å². The molecule has 0 spiro atoms. The van der Waals surface area contributed by atoms with E-state index >= 15 is 0 Å². The van der Waals surface area contributed by atoms with Gasteiger partial charge in [-0.05, 0) is 54.7 Å². The van der Waals surface area contributed by atoms with Crippen LogP contribution in [0.15, 0.2) is 54.6 Å². The predicted octanol–water partition coefficient (Wildman–Crippen LogP) is 5.32. The number of aryl methyl sites for hydroxylation is 1. The van der Waals surface area contributed by atoms with Crippen LogP contribution >= 0.6 is 0 Å². The summed E-state index contributed by atoms with van der Waals surface area (Å²) < 4.78 is 5.27. The second-order valence-corrected chi connectivity index (χ2v) is 7.15. The zero-order chi connectivity index (χ0) is 19.9. The highest BCUT2D eigenvalue weighted by atomic mass is 16.5. The molecule has 0 fully saturated rings. The van der Waals surface area contributed by atoms with Crippen LogP contribution in [0.4, 0.5) is 17.5 Å². The number of nitrogens with one attached hydrogen (secondary N) is 2. The maximum atomic E-state index is 5.27. The summed E-state index contributed by atoms with van der Waals surface area (Å²) in [6.45, 7) is 7.11. The Hall–Kier alpha value is -3.08. The topological polar surface area (TPSA) is 59.1 Å². The molecule has 0 aliphatic heterocycles. The molecule has 28 heavy (non-hydrogen) atoms. The molecule has 2 aromatic carbocycles. The third-order valence-electron chi connectivity index (χ3n) is 4.53. The van der Waals surface area contributed by atoms with Gasteiger partial charge in [0.25, 0.3) is 0 Å². The van der Waals surface area contributed by atoms with Crippen LogP contribution in [0.5, 0.6) is 5.75 Å². The van der Waals surface area contributed by atoms with Crippen molar-refractivity contribution in [2.45, 2.75) is 33.1 Å². The van der Waals surface area contributed by atoms with Crippen LogP contribution in [0.3, 0.4) is 0 Å². The van der Waals surface area contributed by atoms with Gasteiger partial charge in [0.1, 0.15) is 11.6 Å². The van der Waals surface area contributed by atoms with Gasteiger partial charge in [0.05, 0.1) is 7.11 Å². The van der Waals surface area contributed by atoms with E-state index in [0.717, 1.165) is 35.9 Å². The van der Waals surface area contributed by atoms with Crippen LogP contribution in [-0.2, 0) is 6.42 Å². The summed E-state index contributed by atoms with van der Waals surface area (Å²) in [5.74, 6) is 2.81. The van der Waals surface area contributed by atoms with Crippen molar-refractivity contribution in [3.8, 4) is 5.75 Å². The lowest BCUT2D eigenvalue weighted by atomic mass is 10.0. The van der Waals surface area contributed by atoms with E-state index in [-0.39, 0.29) is 0 Å². The Kier molecular flexibility index (Phi) is 6.48. The van der Waals surface area contributed by atoms with E-state index in [9.17, 15) is 0 Å². The molecule has 5 heteroatoms. The first-order valence-corrected chi connectivity index (χ1v) is 9.63. The summed E-state index contributed by atoms with van der Waals surface area (Å²) in [6, 6.07) is 18.5. The van der Waals surface area contributed by atoms with E-state index in [1.165, 1.54) is 11.1 Å². The van der Waals surface area contributed by atoms with Gasteiger partial charge in [0.2, 0.25) is 5.95 Å². The molecule has 3 aromatic rings. The normalized spacial score (nSPS) is 10.8. The van der Waals surface area contributed by atoms with Crippen molar-refractivity contribution in [3.05, 3.63) is 71.4 Å². The standard InChI is InChI=1S/C23H28N4O/c1-16(2)19-8-10-20(11-9-19)26-22-14-17(3)25-23(27-22)24-13-12-18-6-5-7-21(15-18)28-4/h5-11,14-16H,12-13H2,1-4H3,(H2,24,25,26,27). The molecule has 0 atom stereocenters. The molecule has 1 heterocycles. The van der Waals surface area contributed by atoms with Crippen LogP contribution < -0.4 is 15.4 Å². The fraction of sp³-hybridized carbons (Fsp3) is 0.304. The Morgan fingerprint density at radius 3 is 2.50 bits per heavy atom. The maximum Gasteiger partial charge on any atom is 0.224 e. The van der Waals surface area contributed by atoms with Gasteiger partial charge in [-0.15, -0.1) is 0 Å². The first-order chi connectivity index (χ1) is 13.5. The van der Waals surface area contributed by atoms with E-state index in [1.807, 2.05) is 31.2 Å². The van der Waals surface area contributed by atoms with Crippen molar-refractivity contribution < 1.29 is 4.74 Å². The van der Waals surface area contributed by atoms with Gasteiger partial charge >= 0.3 is 0 Å². The number of rotatable bonds is 8. The Labute approximate surface area is 167 Å².